The van der Waals surface area contributed by atoms with Gasteiger partial charge < -0.3 is 10.2 Å². The summed E-state index contributed by atoms with van der Waals surface area (Å²) < 4.78 is 79.6. The molecule has 3 atom stereocenters. The Morgan fingerprint density at radius 3 is 2.53 bits per heavy atom. The number of aliphatic imine (C=N–C) groups is 1. The molecule has 0 radical (unpaired) electrons. The summed E-state index contributed by atoms with van der Waals surface area (Å²) in [6.45, 7) is 3.16. The van der Waals surface area contributed by atoms with Crippen molar-refractivity contribution in [2.24, 2.45) is 16.8 Å². The highest BCUT2D eigenvalue weighted by Gasteiger charge is 2.42. The molecule has 1 saturated heterocycles. The SMILES string of the molecule is CC(O)(c1ccc(C2=CC(C(F)(F)F)CC(CC(F)(F)F)=C2)c(C(=O)O)c1)N1CCC(C2=CCC=NC2)C1. The van der Waals surface area contributed by atoms with Crippen LogP contribution >= 0.6 is 0 Å². The summed E-state index contributed by atoms with van der Waals surface area (Å²) in [6.07, 6.45) is -4.66. The van der Waals surface area contributed by atoms with Crippen LogP contribution in [-0.4, -0.2) is 59.3 Å². The lowest BCUT2D eigenvalue weighted by Crippen LogP contribution is -2.42. The van der Waals surface area contributed by atoms with Crippen molar-refractivity contribution in [3.63, 3.8) is 0 Å². The van der Waals surface area contributed by atoms with Crippen molar-refractivity contribution in [3.05, 3.63) is 64.3 Å². The molecule has 3 unspecified atom stereocenters. The third-order valence-corrected chi connectivity index (χ3v) is 7.40. The number of hydrogen-bond donors (Lipinski definition) is 2. The van der Waals surface area contributed by atoms with E-state index < -0.39 is 53.9 Å². The van der Waals surface area contributed by atoms with E-state index in [2.05, 4.69) is 11.1 Å². The summed E-state index contributed by atoms with van der Waals surface area (Å²) in [6, 6.07) is 3.85. The van der Waals surface area contributed by atoms with Crippen LogP contribution in [0.5, 0.6) is 0 Å². The lowest BCUT2D eigenvalue weighted by molar-refractivity contribution is -0.163. The van der Waals surface area contributed by atoms with Crippen molar-refractivity contribution < 1.29 is 41.4 Å². The van der Waals surface area contributed by atoms with E-state index in [-0.39, 0.29) is 22.6 Å². The van der Waals surface area contributed by atoms with E-state index >= 15 is 0 Å². The third kappa shape index (κ3) is 6.20. The molecule has 0 bridgehead atoms. The molecule has 2 heterocycles. The highest BCUT2D eigenvalue weighted by molar-refractivity contribution is 5.96. The van der Waals surface area contributed by atoms with Crippen LogP contribution in [0.2, 0.25) is 0 Å². The molecule has 0 aromatic heterocycles. The minimum absolute atomic E-state index is 0.143. The largest absolute Gasteiger partial charge is 0.478 e. The molecule has 3 aliphatic rings. The molecule has 11 heteroatoms. The molecule has 5 nitrogen and oxygen atoms in total. The van der Waals surface area contributed by atoms with E-state index in [4.69, 9.17) is 0 Å². The number of nitrogens with zero attached hydrogens (tertiary/aromatic N) is 2. The van der Waals surface area contributed by atoms with E-state index in [0.29, 0.717) is 19.6 Å². The van der Waals surface area contributed by atoms with Crippen molar-refractivity contribution >= 4 is 17.8 Å². The third-order valence-electron chi connectivity index (χ3n) is 7.40. The van der Waals surface area contributed by atoms with Gasteiger partial charge >= 0.3 is 18.3 Å². The summed E-state index contributed by atoms with van der Waals surface area (Å²) >= 11 is 0. The summed E-state index contributed by atoms with van der Waals surface area (Å²) in [5.74, 6) is -3.46. The van der Waals surface area contributed by atoms with Crippen LogP contribution in [0.25, 0.3) is 5.57 Å². The summed E-state index contributed by atoms with van der Waals surface area (Å²) in [7, 11) is 0. The van der Waals surface area contributed by atoms with Gasteiger partial charge in [-0.3, -0.25) is 9.89 Å². The molecule has 1 fully saturated rings. The van der Waals surface area contributed by atoms with Gasteiger partial charge in [0.05, 0.1) is 24.4 Å². The van der Waals surface area contributed by atoms with Crippen LogP contribution in [0.15, 0.2) is 52.6 Å². The Balaban J connectivity index is 1.66. The van der Waals surface area contributed by atoms with Crippen molar-refractivity contribution in [2.45, 2.75) is 50.7 Å². The van der Waals surface area contributed by atoms with Crippen LogP contribution in [0.4, 0.5) is 26.3 Å². The smallest absolute Gasteiger partial charge is 0.395 e. The Morgan fingerprint density at radius 1 is 1.18 bits per heavy atom. The van der Waals surface area contributed by atoms with Gasteiger partial charge in [0.2, 0.25) is 0 Å². The van der Waals surface area contributed by atoms with E-state index in [1.807, 2.05) is 6.21 Å². The maximum absolute atomic E-state index is 13.5. The first-order valence-electron chi connectivity index (χ1n) is 12.2. The zero-order chi connectivity index (χ0) is 27.9. The summed E-state index contributed by atoms with van der Waals surface area (Å²) in [5, 5.41) is 21.3. The number of rotatable bonds is 6. The molecule has 206 valence electrons. The van der Waals surface area contributed by atoms with Crippen molar-refractivity contribution in [2.75, 3.05) is 19.6 Å². The van der Waals surface area contributed by atoms with Crippen LogP contribution in [0.3, 0.4) is 0 Å². The standard InChI is InChI=1S/C27H28F6N2O3/c1-25(38,35-8-6-18(15-35)17-3-2-7-34-14-17)20-4-5-22(23(12-20)24(36)37)19-9-16(13-26(28,29)30)10-21(11-19)27(31,32)33/h3-5,7,9,11-12,18,21,38H,2,6,8,10,13-15H2,1H3,(H,36,37). The molecule has 0 amide bonds. The predicted octanol–water partition coefficient (Wildman–Crippen LogP) is 6.12. The van der Waals surface area contributed by atoms with Crippen LogP contribution in [-0.2, 0) is 5.72 Å². The minimum atomic E-state index is -4.80. The first-order valence-corrected chi connectivity index (χ1v) is 12.2. The molecule has 1 aromatic carbocycles. The molecule has 2 N–H and O–H groups in total. The second-order valence-electron chi connectivity index (χ2n) is 10.1. The maximum Gasteiger partial charge on any atom is 0.395 e. The maximum atomic E-state index is 13.5. The fraction of sp³-hybridized carbons (Fsp3) is 0.481. The van der Waals surface area contributed by atoms with Crippen molar-refractivity contribution in [1.82, 2.24) is 4.90 Å². The number of hydrogen-bond acceptors (Lipinski definition) is 4. The molecule has 38 heavy (non-hydrogen) atoms. The number of aromatic carboxylic acids is 1. The van der Waals surface area contributed by atoms with Crippen LogP contribution in [0, 0.1) is 11.8 Å². The lowest BCUT2D eigenvalue weighted by Gasteiger charge is -2.35. The Labute approximate surface area is 215 Å². The number of dihydropyridines is 1. The zero-order valence-corrected chi connectivity index (χ0v) is 20.6. The van der Waals surface area contributed by atoms with Crippen molar-refractivity contribution in [1.29, 1.82) is 0 Å². The number of alkyl halides is 6. The molecule has 2 aliphatic heterocycles. The van der Waals surface area contributed by atoms with Gasteiger partial charge in [-0.1, -0.05) is 35.9 Å². The number of carboxylic acid groups (broad SMARTS) is 1. The Kier molecular flexibility index (Phi) is 7.64. The number of benzene rings is 1. The van der Waals surface area contributed by atoms with E-state index in [9.17, 15) is 41.4 Å². The van der Waals surface area contributed by atoms with E-state index in [1.54, 1.807) is 4.90 Å². The van der Waals surface area contributed by atoms with Gasteiger partial charge in [0, 0.05) is 25.7 Å². The van der Waals surface area contributed by atoms with Gasteiger partial charge in [-0.25, -0.2) is 4.79 Å². The normalized spacial score (nSPS) is 24.5. The topological polar surface area (TPSA) is 73.1 Å². The fourth-order valence-electron chi connectivity index (χ4n) is 5.36. The molecule has 0 spiro atoms. The van der Waals surface area contributed by atoms with Gasteiger partial charge in [0.15, 0.2) is 0 Å². The first-order chi connectivity index (χ1) is 17.6. The highest BCUT2D eigenvalue weighted by Crippen LogP contribution is 2.43. The minimum Gasteiger partial charge on any atom is -0.478 e. The number of allylic oxidation sites excluding steroid dienone is 5. The lowest BCUT2D eigenvalue weighted by atomic mass is 9.84. The number of carbonyl (C=O) groups is 1. The zero-order valence-electron chi connectivity index (χ0n) is 20.6. The molecule has 1 aliphatic carbocycles. The fourth-order valence-corrected chi connectivity index (χ4v) is 5.36. The molecular formula is C27H28F6N2O3. The second kappa shape index (κ2) is 10.3. The second-order valence-corrected chi connectivity index (χ2v) is 10.1. The monoisotopic (exact) mass is 542 g/mol. The average Bonchev–Trinajstić information content (AvgIpc) is 3.34. The number of aliphatic hydroxyl groups is 1. The average molecular weight is 543 g/mol. The van der Waals surface area contributed by atoms with Crippen molar-refractivity contribution in [3.8, 4) is 0 Å². The predicted molar refractivity (Wildman–Crippen MR) is 130 cm³/mol. The Hall–Kier alpha value is -2.92. The van der Waals surface area contributed by atoms with Gasteiger partial charge in [-0.2, -0.15) is 26.3 Å². The van der Waals surface area contributed by atoms with Gasteiger partial charge in [0.25, 0.3) is 0 Å². The summed E-state index contributed by atoms with van der Waals surface area (Å²) in [4.78, 5) is 18.2. The number of carboxylic acids is 1. The molecule has 0 saturated carbocycles. The van der Waals surface area contributed by atoms with E-state index in [0.717, 1.165) is 25.0 Å². The first kappa shape index (κ1) is 28.1. The number of halogens is 6. The van der Waals surface area contributed by atoms with Crippen LogP contribution in [0.1, 0.15) is 54.1 Å². The quantitative estimate of drug-likeness (QED) is 0.336. The number of likely N-dealkylation sites (tertiary alicyclic amines) is 1. The van der Waals surface area contributed by atoms with Crippen LogP contribution < -0.4 is 0 Å². The van der Waals surface area contributed by atoms with Gasteiger partial charge in [-0.15, -0.1) is 0 Å². The summed E-state index contributed by atoms with van der Waals surface area (Å²) in [5.41, 5.74) is -1.45. The molecule has 1 aromatic rings. The van der Waals surface area contributed by atoms with Gasteiger partial charge in [-0.05, 0) is 54.0 Å². The van der Waals surface area contributed by atoms with E-state index in [1.165, 1.54) is 30.7 Å². The molecule has 4 rings (SSSR count). The Bertz CT molecular complexity index is 1210. The Morgan fingerprint density at radius 2 is 1.92 bits per heavy atom. The highest BCUT2D eigenvalue weighted by atomic mass is 19.4. The van der Waals surface area contributed by atoms with Gasteiger partial charge in [0.1, 0.15) is 5.72 Å². The molecular weight excluding hydrogens is 514 g/mol.